The summed E-state index contributed by atoms with van der Waals surface area (Å²) in [7, 11) is 1.65. The van der Waals surface area contributed by atoms with E-state index in [1.165, 1.54) is 6.07 Å². The number of carbonyl (C=O) groups is 1. The van der Waals surface area contributed by atoms with Crippen LogP contribution >= 0.6 is 15.9 Å². The molecule has 0 unspecified atom stereocenters. The minimum absolute atomic E-state index is 0.0477. The molecule has 0 amide bonds. The molecule has 0 radical (unpaired) electrons. The number of carbonyl (C=O) groups excluding carboxylic acids is 1. The number of Topliss-reactive ketones (excluding diaryl/α,β-unsaturated/α-hetero) is 1. The van der Waals surface area contributed by atoms with Crippen LogP contribution in [0.5, 0.6) is 11.5 Å². The predicted octanol–water partition coefficient (Wildman–Crippen LogP) is 1.57. The number of benzene rings is 1. The van der Waals surface area contributed by atoms with Gasteiger partial charge in [-0.05, 0) is 41.5 Å². The molecule has 0 aromatic heterocycles. The zero-order chi connectivity index (χ0) is 11.6. The summed E-state index contributed by atoms with van der Waals surface area (Å²) in [4.78, 5) is 11.6. The number of ketones is 1. The molecule has 5 heteroatoms. The van der Waals surface area contributed by atoms with Crippen molar-refractivity contribution in [2.45, 2.75) is 6.92 Å². The van der Waals surface area contributed by atoms with E-state index >= 15 is 0 Å². The highest BCUT2D eigenvalue weighted by atomic mass is 79.9. The Morgan fingerprint density at radius 2 is 2.07 bits per heavy atom. The van der Waals surface area contributed by atoms with Gasteiger partial charge in [-0.1, -0.05) is 0 Å². The average Bonchev–Trinajstić information content (AvgIpc) is 2.20. The maximum absolute atomic E-state index is 11.6. The molecule has 0 saturated carbocycles. The Morgan fingerprint density at radius 1 is 1.47 bits per heavy atom. The Balaban J connectivity index is 3.26. The van der Waals surface area contributed by atoms with Crippen molar-refractivity contribution in [2.75, 3.05) is 13.6 Å². The number of rotatable bonds is 3. The minimum atomic E-state index is -0.224. The summed E-state index contributed by atoms with van der Waals surface area (Å²) in [5.41, 5.74) is 0.741. The second-order valence-corrected chi connectivity index (χ2v) is 4.00. The largest absolute Gasteiger partial charge is 0.506 e. The molecule has 82 valence electrons. The molecule has 0 saturated heterocycles. The van der Waals surface area contributed by atoms with Crippen LogP contribution in [-0.4, -0.2) is 29.6 Å². The van der Waals surface area contributed by atoms with E-state index in [9.17, 15) is 15.0 Å². The predicted molar refractivity (Wildman–Crippen MR) is 60.5 cm³/mol. The van der Waals surface area contributed by atoms with Crippen LogP contribution in [-0.2, 0) is 0 Å². The highest BCUT2D eigenvalue weighted by Gasteiger charge is 2.17. The van der Waals surface area contributed by atoms with Crippen LogP contribution in [0.4, 0.5) is 0 Å². The molecule has 0 bridgehead atoms. The fourth-order valence-electron chi connectivity index (χ4n) is 1.23. The van der Waals surface area contributed by atoms with Gasteiger partial charge in [-0.2, -0.15) is 0 Å². The first-order valence-electron chi connectivity index (χ1n) is 4.37. The Kier molecular flexibility index (Phi) is 3.71. The third kappa shape index (κ3) is 2.30. The highest BCUT2D eigenvalue weighted by molar-refractivity contribution is 9.10. The summed E-state index contributed by atoms with van der Waals surface area (Å²) in [5, 5.41) is 21.8. The lowest BCUT2D eigenvalue weighted by Crippen LogP contribution is -2.18. The van der Waals surface area contributed by atoms with Gasteiger partial charge >= 0.3 is 0 Å². The van der Waals surface area contributed by atoms with Crippen LogP contribution in [0.3, 0.4) is 0 Å². The third-order valence-electron chi connectivity index (χ3n) is 2.04. The number of nitrogens with one attached hydrogen (secondary N) is 1. The standard InChI is InChI=1S/C10H12BrNO3/c1-5-3-6(7(13)4-12-2)10(15)8(11)9(5)14/h3,12,14-15H,4H2,1-2H3. The van der Waals surface area contributed by atoms with E-state index in [1.807, 2.05) is 0 Å². The first kappa shape index (κ1) is 12.0. The van der Waals surface area contributed by atoms with Crippen LogP contribution in [0.25, 0.3) is 0 Å². The molecule has 4 nitrogen and oxygen atoms in total. The number of aryl methyl sites for hydroxylation is 1. The molecule has 3 N–H and O–H groups in total. The van der Waals surface area contributed by atoms with E-state index < -0.39 is 0 Å². The summed E-state index contributed by atoms with van der Waals surface area (Å²) in [5.74, 6) is -0.495. The number of aromatic hydroxyl groups is 2. The van der Waals surface area contributed by atoms with Crippen molar-refractivity contribution in [1.29, 1.82) is 0 Å². The normalized spacial score (nSPS) is 10.3. The third-order valence-corrected chi connectivity index (χ3v) is 2.79. The highest BCUT2D eigenvalue weighted by Crippen LogP contribution is 2.38. The summed E-state index contributed by atoms with van der Waals surface area (Å²) >= 11 is 3.03. The van der Waals surface area contributed by atoms with Crippen LogP contribution in [0.1, 0.15) is 15.9 Å². The number of halogens is 1. The maximum Gasteiger partial charge on any atom is 0.180 e. The van der Waals surface area contributed by atoms with E-state index in [4.69, 9.17) is 0 Å². The zero-order valence-electron chi connectivity index (χ0n) is 8.47. The Hall–Kier alpha value is -1.07. The van der Waals surface area contributed by atoms with Crippen molar-refractivity contribution >= 4 is 21.7 Å². The van der Waals surface area contributed by atoms with Gasteiger partial charge < -0.3 is 15.5 Å². The molecule has 15 heavy (non-hydrogen) atoms. The molecule has 0 aliphatic rings. The molecule has 0 aliphatic carbocycles. The second kappa shape index (κ2) is 4.63. The van der Waals surface area contributed by atoms with Crippen LogP contribution in [0.15, 0.2) is 10.5 Å². The van der Waals surface area contributed by atoms with Crippen LogP contribution < -0.4 is 5.32 Å². The number of hydrogen-bond acceptors (Lipinski definition) is 4. The van der Waals surface area contributed by atoms with Crippen molar-refractivity contribution < 1.29 is 15.0 Å². The van der Waals surface area contributed by atoms with Gasteiger partial charge in [-0.15, -0.1) is 0 Å². The number of hydrogen-bond donors (Lipinski definition) is 3. The van der Waals surface area contributed by atoms with E-state index in [0.717, 1.165) is 0 Å². The molecule has 0 atom stereocenters. The molecular formula is C10H12BrNO3. The van der Waals surface area contributed by atoms with Gasteiger partial charge in [0.2, 0.25) is 0 Å². The molecule has 0 fully saturated rings. The van der Waals surface area contributed by atoms with E-state index in [-0.39, 0.29) is 33.9 Å². The fraction of sp³-hybridized carbons (Fsp3) is 0.300. The quantitative estimate of drug-likeness (QED) is 0.732. The first-order valence-corrected chi connectivity index (χ1v) is 5.17. The molecule has 0 aliphatic heterocycles. The van der Waals surface area contributed by atoms with Crippen molar-refractivity contribution in [3.8, 4) is 11.5 Å². The Morgan fingerprint density at radius 3 is 2.60 bits per heavy atom. The van der Waals surface area contributed by atoms with Crippen LogP contribution in [0.2, 0.25) is 0 Å². The molecular weight excluding hydrogens is 262 g/mol. The molecule has 1 aromatic rings. The van der Waals surface area contributed by atoms with Gasteiger partial charge in [-0.25, -0.2) is 0 Å². The number of phenols is 2. The van der Waals surface area contributed by atoms with Gasteiger partial charge in [0, 0.05) is 0 Å². The smallest absolute Gasteiger partial charge is 0.180 e. The van der Waals surface area contributed by atoms with E-state index in [1.54, 1.807) is 14.0 Å². The van der Waals surface area contributed by atoms with Crippen molar-refractivity contribution in [2.24, 2.45) is 0 Å². The second-order valence-electron chi connectivity index (χ2n) is 3.21. The Bertz CT molecular complexity index is 404. The van der Waals surface area contributed by atoms with Gasteiger partial charge in [0.15, 0.2) is 5.78 Å². The van der Waals surface area contributed by atoms with Gasteiger partial charge in [0.05, 0.1) is 12.1 Å². The van der Waals surface area contributed by atoms with E-state index in [0.29, 0.717) is 5.56 Å². The summed E-state index contributed by atoms with van der Waals surface area (Å²) < 4.78 is 0.155. The Labute approximate surface area is 96.1 Å². The summed E-state index contributed by atoms with van der Waals surface area (Å²) in [6, 6.07) is 1.47. The van der Waals surface area contributed by atoms with Gasteiger partial charge in [0.25, 0.3) is 0 Å². The lowest BCUT2D eigenvalue weighted by molar-refractivity contribution is 0.0991. The van der Waals surface area contributed by atoms with E-state index in [2.05, 4.69) is 21.2 Å². The maximum atomic E-state index is 11.6. The SMILES string of the molecule is CNCC(=O)c1cc(C)c(O)c(Br)c1O. The molecule has 0 heterocycles. The number of phenolic OH excluding ortho intramolecular Hbond substituents is 2. The first-order chi connectivity index (χ1) is 6.99. The fourth-order valence-corrected chi connectivity index (χ4v) is 1.75. The molecule has 1 rings (SSSR count). The molecule has 1 aromatic carbocycles. The minimum Gasteiger partial charge on any atom is -0.506 e. The summed E-state index contributed by atoms with van der Waals surface area (Å²) in [6.45, 7) is 1.81. The van der Waals surface area contributed by atoms with Gasteiger partial charge in [0.1, 0.15) is 16.0 Å². The topological polar surface area (TPSA) is 69.6 Å². The lowest BCUT2D eigenvalue weighted by atomic mass is 10.1. The molecule has 0 spiro atoms. The summed E-state index contributed by atoms with van der Waals surface area (Å²) in [6.07, 6.45) is 0. The van der Waals surface area contributed by atoms with Gasteiger partial charge in [-0.3, -0.25) is 4.79 Å². The monoisotopic (exact) mass is 273 g/mol. The average molecular weight is 274 g/mol. The van der Waals surface area contributed by atoms with Crippen molar-refractivity contribution in [1.82, 2.24) is 5.32 Å². The van der Waals surface area contributed by atoms with Crippen molar-refractivity contribution in [3.63, 3.8) is 0 Å². The number of likely N-dealkylation sites (N-methyl/N-ethyl adjacent to an activating group) is 1. The lowest BCUT2D eigenvalue weighted by Gasteiger charge is -2.09. The zero-order valence-corrected chi connectivity index (χ0v) is 10.1. The van der Waals surface area contributed by atoms with Crippen LogP contribution in [0, 0.1) is 6.92 Å². The van der Waals surface area contributed by atoms with Crippen molar-refractivity contribution in [3.05, 3.63) is 21.7 Å².